The number of hydrogen-bond acceptors (Lipinski definition) is 7. The fourth-order valence-corrected chi connectivity index (χ4v) is 5.77. The lowest BCUT2D eigenvalue weighted by Gasteiger charge is -2.35. The average Bonchev–Trinajstić information content (AvgIpc) is 3.41. The van der Waals surface area contributed by atoms with Crippen molar-refractivity contribution in [1.29, 1.82) is 0 Å². The molecule has 9 nitrogen and oxygen atoms in total. The summed E-state index contributed by atoms with van der Waals surface area (Å²) in [4.78, 5) is 48.6. The molecular formula is C31H32N4O5S. The molecule has 2 aliphatic heterocycles. The first-order valence-corrected chi connectivity index (χ1v) is 14.4. The Hall–Kier alpha value is -4.31. The Labute approximate surface area is 243 Å². The molecule has 0 bridgehead atoms. The second-order valence-corrected chi connectivity index (χ2v) is 11.2. The van der Waals surface area contributed by atoms with Crippen LogP contribution < -0.4 is 4.90 Å². The van der Waals surface area contributed by atoms with Crippen molar-refractivity contribution in [3.05, 3.63) is 102 Å². The van der Waals surface area contributed by atoms with Gasteiger partial charge in [-0.15, -0.1) is 0 Å². The molecule has 5 rings (SSSR count). The number of nitrogens with zero attached hydrogens (tertiary/aromatic N) is 4. The number of rotatable bonds is 6. The highest BCUT2D eigenvalue weighted by molar-refractivity contribution is 8.13. The summed E-state index contributed by atoms with van der Waals surface area (Å²) in [6.45, 7) is 7.09. The summed E-state index contributed by atoms with van der Waals surface area (Å²) in [5.41, 5.74) is 1.06. The lowest BCUT2D eigenvalue weighted by molar-refractivity contribution is -0.134. The lowest BCUT2D eigenvalue weighted by atomic mass is 10.0. The van der Waals surface area contributed by atoms with E-state index in [2.05, 4.69) is 0 Å². The predicted octanol–water partition coefficient (Wildman–Crippen LogP) is 6.30. The quantitative estimate of drug-likeness (QED) is 0.344. The Bertz CT molecular complexity index is 1460. The molecule has 2 aliphatic rings. The van der Waals surface area contributed by atoms with Crippen LogP contribution in [0.1, 0.15) is 44.4 Å². The van der Waals surface area contributed by atoms with Gasteiger partial charge in [-0.1, -0.05) is 90.6 Å². The van der Waals surface area contributed by atoms with Crippen molar-refractivity contribution < 1.29 is 23.9 Å². The number of carbonyl (C=O) groups excluding carboxylic acids is 3. The summed E-state index contributed by atoms with van der Waals surface area (Å²) in [7, 11) is 0. The van der Waals surface area contributed by atoms with Gasteiger partial charge in [0.2, 0.25) is 0 Å². The van der Waals surface area contributed by atoms with Crippen LogP contribution in [0.3, 0.4) is 0 Å². The van der Waals surface area contributed by atoms with Crippen molar-refractivity contribution in [1.82, 2.24) is 10.0 Å². The van der Waals surface area contributed by atoms with Crippen LogP contribution in [0, 0.1) is 0 Å². The highest BCUT2D eigenvalue weighted by Gasteiger charge is 2.65. The first-order chi connectivity index (χ1) is 19.7. The topological polar surface area (TPSA) is 91.8 Å². The van der Waals surface area contributed by atoms with Crippen LogP contribution in [0.25, 0.3) is 0 Å². The van der Waals surface area contributed by atoms with Crippen molar-refractivity contribution in [3.63, 3.8) is 0 Å². The number of carbonyl (C=O) groups is 3. The number of amidine groups is 1. The van der Waals surface area contributed by atoms with E-state index in [4.69, 9.17) is 14.5 Å². The normalized spacial score (nSPS) is 17.9. The van der Waals surface area contributed by atoms with Gasteiger partial charge in [-0.05, 0) is 44.9 Å². The third-order valence-corrected chi connectivity index (χ3v) is 7.47. The van der Waals surface area contributed by atoms with Crippen molar-refractivity contribution in [3.8, 4) is 0 Å². The van der Waals surface area contributed by atoms with E-state index in [0.29, 0.717) is 17.0 Å². The van der Waals surface area contributed by atoms with Gasteiger partial charge in [-0.3, -0.25) is 4.79 Å². The maximum Gasteiger partial charge on any atom is 0.436 e. The summed E-state index contributed by atoms with van der Waals surface area (Å²) in [5.74, 6) is -0.0291. The van der Waals surface area contributed by atoms with Gasteiger partial charge in [0.15, 0.2) is 5.17 Å². The summed E-state index contributed by atoms with van der Waals surface area (Å²) >= 11 is 1.24. The van der Waals surface area contributed by atoms with E-state index in [9.17, 15) is 14.4 Å². The minimum atomic E-state index is -1.90. The van der Waals surface area contributed by atoms with Crippen molar-refractivity contribution >= 4 is 40.7 Å². The van der Waals surface area contributed by atoms with Gasteiger partial charge >= 0.3 is 12.2 Å². The molecule has 1 unspecified atom stereocenters. The summed E-state index contributed by atoms with van der Waals surface area (Å²) in [6.07, 6.45) is -2.72. The Morgan fingerprint density at radius 1 is 0.805 bits per heavy atom. The first-order valence-electron chi connectivity index (χ1n) is 13.5. The van der Waals surface area contributed by atoms with Crippen LogP contribution in [-0.4, -0.2) is 45.5 Å². The molecule has 10 heteroatoms. The third kappa shape index (κ3) is 5.39. The Kier molecular flexibility index (Phi) is 8.03. The second kappa shape index (κ2) is 11.7. The molecular weight excluding hydrogens is 540 g/mol. The standard InChI is InChI=1S/C31H32N4O5S/c1-21(2)39-29(37)34-28(41-20-24-15-9-6-10-16-24)32-31(35(34)30(38)40-22(3)4)25-17-11-12-18-26(25)33(27(31)36)19-23-13-7-5-8-14-23/h5-18,21-22H,19-20H2,1-4H3. The SMILES string of the molecule is CC(C)OC(=O)N1C(SCc2ccccc2)=NC2(C(=O)N(Cc3ccccc3)c3ccccc32)N1C(=O)OC(C)C. The van der Waals surface area contributed by atoms with Gasteiger partial charge in [-0.25, -0.2) is 14.6 Å². The van der Waals surface area contributed by atoms with Crippen LogP contribution in [0.15, 0.2) is 89.9 Å². The monoisotopic (exact) mass is 572 g/mol. The minimum absolute atomic E-state index is 0.157. The number of hydrazine groups is 1. The van der Waals surface area contributed by atoms with Gasteiger partial charge < -0.3 is 14.4 Å². The number of thioether (sulfide) groups is 1. The number of ether oxygens (including phenoxy) is 2. The molecule has 0 aromatic heterocycles. The van der Waals surface area contributed by atoms with Gasteiger partial charge in [0, 0.05) is 11.3 Å². The Morgan fingerprint density at radius 2 is 1.37 bits per heavy atom. The van der Waals surface area contributed by atoms with Crippen LogP contribution in [-0.2, 0) is 32.2 Å². The van der Waals surface area contributed by atoms with Crippen molar-refractivity contribution in [2.75, 3.05) is 4.90 Å². The Morgan fingerprint density at radius 3 is 2.00 bits per heavy atom. The molecule has 0 radical (unpaired) electrons. The van der Waals surface area contributed by atoms with E-state index in [1.165, 1.54) is 11.8 Å². The number of fused-ring (bicyclic) bond motifs is 2. The fourth-order valence-electron chi connectivity index (χ4n) is 4.81. The minimum Gasteiger partial charge on any atom is -0.445 e. The molecule has 2 heterocycles. The summed E-state index contributed by atoms with van der Waals surface area (Å²) in [6, 6.07) is 26.4. The average molecular weight is 573 g/mol. The number of para-hydroxylation sites is 1. The van der Waals surface area contributed by atoms with Crippen LogP contribution in [0.4, 0.5) is 15.3 Å². The van der Waals surface area contributed by atoms with Crippen LogP contribution in [0.5, 0.6) is 0 Å². The van der Waals surface area contributed by atoms with Gasteiger partial charge in [0.05, 0.1) is 24.4 Å². The molecule has 41 heavy (non-hydrogen) atoms. The smallest absolute Gasteiger partial charge is 0.436 e. The van der Waals surface area contributed by atoms with Gasteiger partial charge in [-0.2, -0.15) is 10.0 Å². The zero-order valence-electron chi connectivity index (χ0n) is 23.4. The third-order valence-electron chi connectivity index (χ3n) is 6.47. The number of aliphatic imine (C=N–C) groups is 1. The molecule has 0 saturated carbocycles. The van der Waals surface area contributed by atoms with E-state index in [-0.39, 0.29) is 11.7 Å². The zero-order chi connectivity index (χ0) is 29.1. The molecule has 1 atom stereocenters. The molecule has 3 aromatic rings. The van der Waals surface area contributed by atoms with Crippen molar-refractivity contribution in [2.24, 2.45) is 4.99 Å². The second-order valence-electron chi connectivity index (χ2n) is 10.2. The largest absolute Gasteiger partial charge is 0.445 e. The maximum absolute atomic E-state index is 14.6. The van der Waals surface area contributed by atoms with E-state index in [0.717, 1.165) is 21.1 Å². The molecule has 1 spiro atoms. The first kappa shape index (κ1) is 28.2. The zero-order valence-corrected chi connectivity index (χ0v) is 24.2. The summed E-state index contributed by atoms with van der Waals surface area (Å²) in [5, 5.41) is 2.24. The number of benzene rings is 3. The Balaban J connectivity index is 1.66. The lowest BCUT2D eigenvalue weighted by Crippen LogP contribution is -2.59. The van der Waals surface area contributed by atoms with Gasteiger partial charge in [0.25, 0.3) is 11.6 Å². The van der Waals surface area contributed by atoms with Crippen LogP contribution in [0.2, 0.25) is 0 Å². The molecule has 0 N–H and O–H groups in total. The van der Waals surface area contributed by atoms with Crippen LogP contribution >= 0.6 is 11.8 Å². The van der Waals surface area contributed by atoms with E-state index in [1.54, 1.807) is 44.7 Å². The fraction of sp³-hybridized carbons (Fsp3) is 0.290. The van der Waals surface area contributed by atoms with E-state index < -0.39 is 36.0 Å². The number of amides is 3. The highest BCUT2D eigenvalue weighted by Crippen LogP contribution is 2.50. The molecule has 0 aliphatic carbocycles. The number of hydrogen-bond donors (Lipinski definition) is 0. The highest BCUT2D eigenvalue weighted by atomic mass is 32.2. The molecule has 212 valence electrons. The molecule has 3 aromatic carbocycles. The number of anilines is 1. The molecule has 3 amide bonds. The molecule has 0 fully saturated rings. The van der Waals surface area contributed by atoms with Gasteiger partial charge in [0.1, 0.15) is 0 Å². The summed E-state index contributed by atoms with van der Waals surface area (Å²) < 4.78 is 11.2. The van der Waals surface area contributed by atoms with E-state index in [1.807, 2.05) is 72.8 Å². The predicted molar refractivity (Wildman–Crippen MR) is 158 cm³/mol. The van der Waals surface area contributed by atoms with Crippen molar-refractivity contribution in [2.45, 2.75) is 57.9 Å². The maximum atomic E-state index is 14.6. The molecule has 0 saturated heterocycles. The van der Waals surface area contributed by atoms with E-state index >= 15 is 0 Å².